The van der Waals surface area contributed by atoms with Crippen LogP contribution in [0.3, 0.4) is 0 Å². The van der Waals surface area contributed by atoms with Crippen molar-refractivity contribution in [2.24, 2.45) is 0 Å². The lowest BCUT2D eigenvalue weighted by molar-refractivity contribution is -0.125. The van der Waals surface area contributed by atoms with Gasteiger partial charge in [0.05, 0.1) is 29.9 Å². The molecule has 0 aliphatic rings. The van der Waals surface area contributed by atoms with E-state index in [1.165, 1.54) is 18.2 Å². The van der Waals surface area contributed by atoms with Crippen molar-refractivity contribution in [2.45, 2.75) is 19.4 Å². The van der Waals surface area contributed by atoms with Gasteiger partial charge in [-0.15, -0.1) is 0 Å². The molecule has 9 heteroatoms. The van der Waals surface area contributed by atoms with E-state index in [2.05, 4.69) is 16.0 Å². The summed E-state index contributed by atoms with van der Waals surface area (Å²) < 4.78 is 5.21. The van der Waals surface area contributed by atoms with Crippen molar-refractivity contribution in [2.75, 3.05) is 13.1 Å². The van der Waals surface area contributed by atoms with Gasteiger partial charge in [0.1, 0.15) is 5.76 Å². The number of furan rings is 1. The van der Waals surface area contributed by atoms with E-state index in [9.17, 15) is 14.4 Å². The fourth-order valence-corrected chi connectivity index (χ4v) is 2.77. The summed E-state index contributed by atoms with van der Waals surface area (Å²) >= 11 is 11.7. The van der Waals surface area contributed by atoms with E-state index in [-0.39, 0.29) is 35.6 Å². The normalized spacial score (nSPS) is 11.5. The smallest absolute Gasteiger partial charge is 0.253 e. The second kappa shape index (κ2) is 9.99. The van der Waals surface area contributed by atoms with E-state index in [0.717, 1.165) is 5.76 Å². The SMILES string of the molecule is CC(Cc1ccco1)NC(=O)CNC(=O)CNC(=O)c1ccc(Cl)cc1Cl. The lowest BCUT2D eigenvalue weighted by Gasteiger charge is -2.13. The average molecular weight is 412 g/mol. The maximum atomic E-state index is 12.0. The molecule has 27 heavy (non-hydrogen) atoms. The summed E-state index contributed by atoms with van der Waals surface area (Å²) in [6.45, 7) is 1.35. The summed E-state index contributed by atoms with van der Waals surface area (Å²) in [4.78, 5) is 35.6. The number of amides is 3. The first-order valence-electron chi connectivity index (χ1n) is 8.17. The van der Waals surface area contributed by atoms with E-state index in [1.807, 2.05) is 13.0 Å². The van der Waals surface area contributed by atoms with E-state index in [4.69, 9.17) is 27.6 Å². The first kappa shape index (κ1) is 20.8. The molecule has 0 aliphatic heterocycles. The van der Waals surface area contributed by atoms with Crippen LogP contribution < -0.4 is 16.0 Å². The van der Waals surface area contributed by atoms with Crippen LogP contribution in [0.1, 0.15) is 23.0 Å². The van der Waals surface area contributed by atoms with Crippen molar-refractivity contribution in [3.63, 3.8) is 0 Å². The Morgan fingerprint density at radius 1 is 1.07 bits per heavy atom. The number of hydrogen-bond acceptors (Lipinski definition) is 4. The maximum absolute atomic E-state index is 12.0. The summed E-state index contributed by atoms with van der Waals surface area (Å²) in [7, 11) is 0. The number of carbonyl (C=O) groups is 3. The van der Waals surface area contributed by atoms with Crippen molar-refractivity contribution in [3.05, 3.63) is 58.0 Å². The molecule has 2 aromatic rings. The average Bonchev–Trinajstić information content (AvgIpc) is 3.10. The molecule has 144 valence electrons. The van der Waals surface area contributed by atoms with Gasteiger partial charge in [0.25, 0.3) is 5.91 Å². The summed E-state index contributed by atoms with van der Waals surface area (Å²) in [5.74, 6) is -0.588. The van der Waals surface area contributed by atoms with Crippen molar-refractivity contribution in [1.82, 2.24) is 16.0 Å². The van der Waals surface area contributed by atoms with Gasteiger partial charge in [0.15, 0.2) is 0 Å². The molecule has 0 fully saturated rings. The van der Waals surface area contributed by atoms with Gasteiger partial charge in [-0.05, 0) is 37.3 Å². The van der Waals surface area contributed by atoms with Gasteiger partial charge >= 0.3 is 0 Å². The number of halogens is 2. The van der Waals surface area contributed by atoms with Gasteiger partial charge in [-0.1, -0.05) is 23.2 Å². The number of carbonyl (C=O) groups excluding carboxylic acids is 3. The van der Waals surface area contributed by atoms with Crippen molar-refractivity contribution < 1.29 is 18.8 Å². The summed E-state index contributed by atoms with van der Waals surface area (Å²) in [5, 5.41) is 8.20. The van der Waals surface area contributed by atoms with Gasteiger partial charge in [-0.2, -0.15) is 0 Å². The minimum absolute atomic E-state index is 0.146. The van der Waals surface area contributed by atoms with Crippen molar-refractivity contribution >= 4 is 40.9 Å². The van der Waals surface area contributed by atoms with E-state index in [0.29, 0.717) is 11.4 Å². The summed E-state index contributed by atoms with van der Waals surface area (Å²) in [5.41, 5.74) is 0.207. The Balaban J connectivity index is 1.69. The molecule has 0 spiro atoms. The van der Waals surface area contributed by atoms with Crippen LogP contribution in [-0.4, -0.2) is 36.9 Å². The van der Waals surface area contributed by atoms with Crippen LogP contribution in [0.4, 0.5) is 0 Å². The third-order valence-electron chi connectivity index (χ3n) is 3.53. The molecular formula is C18H19Cl2N3O4. The lowest BCUT2D eigenvalue weighted by Crippen LogP contribution is -2.44. The highest BCUT2D eigenvalue weighted by molar-refractivity contribution is 6.36. The highest BCUT2D eigenvalue weighted by Crippen LogP contribution is 2.20. The quantitative estimate of drug-likeness (QED) is 0.619. The number of rotatable bonds is 8. The Morgan fingerprint density at radius 3 is 2.48 bits per heavy atom. The van der Waals surface area contributed by atoms with Crippen LogP contribution in [-0.2, 0) is 16.0 Å². The van der Waals surface area contributed by atoms with E-state index in [1.54, 1.807) is 12.3 Å². The summed E-state index contributed by atoms with van der Waals surface area (Å²) in [6.07, 6.45) is 2.11. The fourth-order valence-electron chi connectivity index (χ4n) is 2.28. The van der Waals surface area contributed by atoms with E-state index < -0.39 is 11.8 Å². The number of hydrogen-bond donors (Lipinski definition) is 3. The molecule has 1 heterocycles. The van der Waals surface area contributed by atoms with Crippen LogP contribution in [0, 0.1) is 0 Å². The molecule has 2 rings (SSSR count). The fraction of sp³-hybridized carbons (Fsp3) is 0.278. The van der Waals surface area contributed by atoms with Gasteiger partial charge in [-0.3, -0.25) is 14.4 Å². The van der Waals surface area contributed by atoms with Gasteiger partial charge in [0, 0.05) is 17.5 Å². The standard InChI is InChI=1S/C18H19Cl2N3O4/c1-11(7-13-3-2-6-27-13)23-17(25)10-21-16(24)9-22-18(26)14-5-4-12(19)8-15(14)20/h2-6,8,11H,7,9-10H2,1H3,(H,21,24)(H,22,26)(H,23,25). The third kappa shape index (κ3) is 6.96. The van der Waals surface area contributed by atoms with Crippen LogP contribution in [0.2, 0.25) is 10.0 Å². The number of nitrogens with one attached hydrogen (secondary N) is 3. The Hall–Kier alpha value is -2.51. The molecular weight excluding hydrogens is 393 g/mol. The third-order valence-corrected chi connectivity index (χ3v) is 4.07. The van der Waals surface area contributed by atoms with Crippen LogP contribution in [0.5, 0.6) is 0 Å². The lowest BCUT2D eigenvalue weighted by atomic mass is 10.2. The predicted octanol–water partition coefficient (Wildman–Crippen LogP) is 2.18. The van der Waals surface area contributed by atoms with Crippen LogP contribution in [0.25, 0.3) is 0 Å². The Bertz CT molecular complexity index is 809. The zero-order chi connectivity index (χ0) is 19.8. The van der Waals surface area contributed by atoms with Crippen molar-refractivity contribution in [3.8, 4) is 0 Å². The topological polar surface area (TPSA) is 100 Å². The molecule has 1 unspecified atom stereocenters. The maximum Gasteiger partial charge on any atom is 0.253 e. The molecule has 0 saturated heterocycles. The van der Waals surface area contributed by atoms with Gasteiger partial charge in [0.2, 0.25) is 11.8 Å². The molecule has 0 saturated carbocycles. The Kier molecular flexibility index (Phi) is 7.69. The first-order valence-corrected chi connectivity index (χ1v) is 8.92. The van der Waals surface area contributed by atoms with E-state index >= 15 is 0 Å². The highest BCUT2D eigenvalue weighted by Gasteiger charge is 2.13. The van der Waals surface area contributed by atoms with Crippen LogP contribution >= 0.6 is 23.2 Å². The van der Waals surface area contributed by atoms with Gasteiger partial charge < -0.3 is 20.4 Å². The zero-order valence-electron chi connectivity index (χ0n) is 14.6. The molecule has 3 N–H and O–H groups in total. The molecule has 0 radical (unpaired) electrons. The highest BCUT2D eigenvalue weighted by atomic mass is 35.5. The van der Waals surface area contributed by atoms with Crippen LogP contribution in [0.15, 0.2) is 41.0 Å². The van der Waals surface area contributed by atoms with Gasteiger partial charge in [-0.25, -0.2) is 0 Å². The van der Waals surface area contributed by atoms with Crippen molar-refractivity contribution in [1.29, 1.82) is 0 Å². The second-order valence-corrected chi connectivity index (χ2v) is 6.68. The molecule has 0 aliphatic carbocycles. The molecule has 1 atom stereocenters. The zero-order valence-corrected chi connectivity index (χ0v) is 16.1. The summed E-state index contributed by atoms with van der Waals surface area (Å²) in [6, 6.07) is 7.87. The molecule has 0 bridgehead atoms. The molecule has 1 aromatic heterocycles. The monoisotopic (exact) mass is 411 g/mol. The second-order valence-electron chi connectivity index (χ2n) is 5.84. The minimum Gasteiger partial charge on any atom is -0.469 e. The Labute approximate surface area is 166 Å². The largest absolute Gasteiger partial charge is 0.469 e. The predicted molar refractivity (Wildman–Crippen MR) is 102 cm³/mol. The minimum atomic E-state index is -0.511. The number of benzene rings is 1. The Morgan fingerprint density at radius 2 is 1.81 bits per heavy atom. The molecule has 3 amide bonds. The molecule has 1 aromatic carbocycles. The molecule has 7 nitrogen and oxygen atoms in total. The first-order chi connectivity index (χ1) is 12.8.